The molecule has 0 aliphatic heterocycles. The van der Waals surface area contributed by atoms with Crippen LogP contribution in [-0.2, 0) is 17.6 Å². The van der Waals surface area contributed by atoms with Gasteiger partial charge in [0.2, 0.25) is 0 Å². The zero-order valence-electron chi connectivity index (χ0n) is 14.5. The maximum Gasteiger partial charge on any atom is 0.141 e. The molecule has 0 N–H and O–H groups in total. The molecule has 0 saturated heterocycles. The molecule has 0 atom stereocenters. The average Bonchev–Trinajstić information content (AvgIpc) is 2.63. The lowest BCUT2D eigenvalue weighted by atomic mass is 9.99. The zero-order valence-corrected chi connectivity index (χ0v) is 14.5. The van der Waals surface area contributed by atoms with Crippen LogP contribution in [0.25, 0.3) is 11.1 Å². The van der Waals surface area contributed by atoms with Crippen LogP contribution in [0, 0.1) is 6.92 Å². The number of hydrogen-bond donors (Lipinski definition) is 0. The van der Waals surface area contributed by atoms with Crippen LogP contribution < -0.4 is 4.74 Å². The number of aryl methyl sites for hydroxylation is 1. The molecule has 1 aromatic heterocycles. The Labute approximate surface area is 148 Å². The number of aromatic nitrogens is 1. The predicted octanol–water partition coefficient (Wildman–Crippen LogP) is 4.42. The highest BCUT2D eigenvalue weighted by Gasteiger charge is 2.09. The minimum atomic E-state index is 0.178. The molecule has 126 valence electrons. The zero-order chi connectivity index (χ0) is 17.6. The van der Waals surface area contributed by atoms with Gasteiger partial charge in [0.25, 0.3) is 0 Å². The first kappa shape index (κ1) is 16.9. The van der Waals surface area contributed by atoms with E-state index in [1.807, 2.05) is 55.6 Å². The van der Waals surface area contributed by atoms with E-state index < -0.39 is 0 Å². The molecule has 3 aromatic rings. The lowest BCUT2D eigenvalue weighted by molar-refractivity contribution is -0.117. The van der Waals surface area contributed by atoms with E-state index >= 15 is 0 Å². The van der Waals surface area contributed by atoms with E-state index in [2.05, 4.69) is 23.2 Å². The summed E-state index contributed by atoms with van der Waals surface area (Å²) >= 11 is 0. The van der Waals surface area contributed by atoms with Gasteiger partial charge in [0, 0.05) is 30.3 Å². The molecule has 0 saturated carbocycles. The number of nitrogens with zero attached hydrogens (tertiary/aromatic N) is 1. The highest BCUT2D eigenvalue weighted by Crippen LogP contribution is 2.21. The Morgan fingerprint density at radius 2 is 1.72 bits per heavy atom. The molecular formula is C22H21NO2. The maximum absolute atomic E-state index is 12.4. The summed E-state index contributed by atoms with van der Waals surface area (Å²) in [7, 11) is 1.63. The van der Waals surface area contributed by atoms with Crippen LogP contribution in [0.15, 0.2) is 66.9 Å². The minimum absolute atomic E-state index is 0.178. The van der Waals surface area contributed by atoms with Crippen LogP contribution in [0.2, 0.25) is 0 Å². The standard InChI is InChI=1S/C22H21NO2/c1-16-13-19(11-12-23-16)18-9-7-17(8-10-18)14-21(24)15-20-5-3-4-6-22(20)25-2/h3-13H,14-15H2,1-2H3. The van der Waals surface area contributed by atoms with Crippen LogP contribution >= 0.6 is 0 Å². The van der Waals surface area contributed by atoms with Crippen molar-refractivity contribution in [2.24, 2.45) is 0 Å². The van der Waals surface area contributed by atoms with Gasteiger partial charge in [-0.05, 0) is 41.8 Å². The SMILES string of the molecule is COc1ccccc1CC(=O)Cc1ccc(-c2ccnc(C)c2)cc1. The van der Waals surface area contributed by atoms with Gasteiger partial charge in [0.05, 0.1) is 7.11 Å². The van der Waals surface area contributed by atoms with Crippen LogP contribution in [0.3, 0.4) is 0 Å². The van der Waals surface area contributed by atoms with E-state index in [-0.39, 0.29) is 5.78 Å². The second kappa shape index (κ2) is 7.75. The lowest BCUT2D eigenvalue weighted by Crippen LogP contribution is -2.07. The molecule has 0 unspecified atom stereocenters. The number of methoxy groups -OCH3 is 1. The third-order valence-corrected chi connectivity index (χ3v) is 4.17. The van der Waals surface area contributed by atoms with Gasteiger partial charge in [-0.3, -0.25) is 9.78 Å². The highest BCUT2D eigenvalue weighted by atomic mass is 16.5. The summed E-state index contributed by atoms with van der Waals surface area (Å²) in [5, 5.41) is 0. The minimum Gasteiger partial charge on any atom is -0.496 e. The van der Waals surface area contributed by atoms with Crippen molar-refractivity contribution in [2.75, 3.05) is 7.11 Å². The Balaban J connectivity index is 1.68. The number of ether oxygens (including phenoxy) is 1. The molecule has 0 aliphatic carbocycles. The number of carbonyl (C=O) groups is 1. The number of benzene rings is 2. The Morgan fingerprint density at radius 1 is 0.960 bits per heavy atom. The number of ketones is 1. The molecular weight excluding hydrogens is 310 g/mol. The van der Waals surface area contributed by atoms with Gasteiger partial charge in [-0.15, -0.1) is 0 Å². The largest absolute Gasteiger partial charge is 0.496 e. The first-order valence-electron chi connectivity index (χ1n) is 8.31. The van der Waals surface area contributed by atoms with E-state index in [4.69, 9.17) is 4.74 Å². The average molecular weight is 331 g/mol. The van der Waals surface area contributed by atoms with E-state index in [9.17, 15) is 4.79 Å². The van der Waals surface area contributed by atoms with Crippen molar-refractivity contribution in [3.63, 3.8) is 0 Å². The first-order chi connectivity index (χ1) is 12.2. The molecule has 0 radical (unpaired) electrons. The molecule has 2 aromatic carbocycles. The quantitative estimate of drug-likeness (QED) is 0.671. The Hall–Kier alpha value is -2.94. The number of hydrogen-bond acceptors (Lipinski definition) is 3. The van der Waals surface area contributed by atoms with E-state index in [0.717, 1.165) is 33.7 Å². The van der Waals surface area contributed by atoms with Crippen LogP contribution in [-0.4, -0.2) is 17.9 Å². The molecule has 0 amide bonds. The van der Waals surface area contributed by atoms with Gasteiger partial charge in [0.15, 0.2) is 0 Å². The normalized spacial score (nSPS) is 10.5. The summed E-state index contributed by atoms with van der Waals surface area (Å²) in [5.41, 5.74) is 5.22. The summed E-state index contributed by atoms with van der Waals surface area (Å²) in [6.45, 7) is 1.98. The Kier molecular flexibility index (Phi) is 5.24. The van der Waals surface area contributed by atoms with E-state index in [1.54, 1.807) is 7.11 Å². The fourth-order valence-corrected chi connectivity index (χ4v) is 2.89. The fraction of sp³-hybridized carbons (Fsp3) is 0.182. The summed E-state index contributed by atoms with van der Waals surface area (Å²) in [6.07, 6.45) is 2.62. The first-order valence-corrected chi connectivity index (χ1v) is 8.31. The van der Waals surface area contributed by atoms with Gasteiger partial charge in [-0.2, -0.15) is 0 Å². The van der Waals surface area contributed by atoms with Gasteiger partial charge in [-0.25, -0.2) is 0 Å². The van der Waals surface area contributed by atoms with Gasteiger partial charge in [-0.1, -0.05) is 42.5 Å². The molecule has 1 heterocycles. The van der Waals surface area contributed by atoms with Crippen molar-refractivity contribution < 1.29 is 9.53 Å². The second-order valence-electron chi connectivity index (χ2n) is 6.09. The molecule has 0 aliphatic rings. The Bertz CT molecular complexity index is 869. The molecule has 3 nitrogen and oxygen atoms in total. The van der Waals surface area contributed by atoms with Crippen molar-refractivity contribution in [3.8, 4) is 16.9 Å². The third kappa shape index (κ3) is 4.32. The van der Waals surface area contributed by atoms with Crippen molar-refractivity contribution in [2.45, 2.75) is 19.8 Å². The maximum atomic E-state index is 12.4. The van der Waals surface area contributed by atoms with Crippen LogP contribution in [0.1, 0.15) is 16.8 Å². The number of pyridine rings is 1. The molecule has 0 bridgehead atoms. The topological polar surface area (TPSA) is 39.2 Å². The monoisotopic (exact) mass is 331 g/mol. The lowest BCUT2D eigenvalue weighted by Gasteiger charge is -2.08. The van der Waals surface area contributed by atoms with Crippen LogP contribution in [0.5, 0.6) is 5.75 Å². The Morgan fingerprint density at radius 3 is 2.44 bits per heavy atom. The number of para-hydroxylation sites is 1. The number of Topliss-reactive ketones (excluding diaryl/α,β-unsaturated/α-hetero) is 1. The van der Waals surface area contributed by atoms with Gasteiger partial charge < -0.3 is 4.74 Å². The molecule has 3 rings (SSSR count). The smallest absolute Gasteiger partial charge is 0.141 e. The van der Waals surface area contributed by atoms with Gasteiger partial charge >= 0.3 is 0 Å². The third-order valence-electron chi connectivity index (χ3n) is 4.17. The van der Waals surface area contributed by atoms with E-state index in [1.165, 1.54) is 0 Å². The molecule has 3 heteroatoms. The molecule has 0 spiro atoms. The second-order valence-corrected chi connectivity index (χ2v) is 6.09. The predicted molar refractivity (Wildman–Crippen MR) is 99.8 cm³/mol. The molecule has 0 fully saturated rings. The van der Waals surface area contributed by atoms with Crippen molar-refractivity contribution in [3.05, 3.63) is 83.7 Å². The highest BCUT2D eigenvalue weighted by molar-refractivity contribution is 5.83. The number of carbonyl (C=O) groups excluding carboxylic acids is 1. The van der Waals surface area contributed by atoms with Crippen molar-refractivity contribution in [1.82, 2.24) is 4.98 Å². The summed E-state index contributed by atoms with van der Waals surface area (Å²) in [5.74, 6) is 0.941. The fourth-order valence-electron chi connectivity index (χ4n) is 2.89. The van der Waals surface area contributed by atoms with Crippen molar-refractivity contribution >= 4 is 5.78 Å². The van der Waals surface area contributed by atoms with Crippen LogP contribution in [0.4, 0.5) is 0 Å². The summed E-state index contributed by atoms with van der Waals surface area (Å²) in [6, 6.07) is 19.9. The van der Waals surface area contributed by atoms with Gasteiger partial charge in [0.1, 0.15) is 11.5 Å². The summed E-state index contributed by atoms with van der Waals surface area (Å²) in [4.78, 5) is 16.6. The number of rotatable bonds is 6. The summed E-state index contributed by atoms with van der Waals surface area (Å²) < 4.78 is 5.31. The molecule has 25 heavy (non-hydrogen) atoms. The van der Waals surface area contributed by atoms with E-state index in [0.29, 0.717) is 12.8 Å². The van der Waals surface area contributed by atoms with Crippen molar-refractivity contribution in [1.29, 1.82) is 0 Å².